The number of hydrogen-bond donors (Lipinski definition) is 1. The van der Waals surface area contributed by atoms with E-state index < -0.39 is 16.9 Å². The molecule has 0 fully saturated rings. The summed E-state index contributed by atoms with van der Waals surface area (Å²) < 4.78 is 5.12. The average molecular weight is 299 g/mol. The molecule has 1 aromatic rings. The number of ether oxygens (including phenoxy) is 1. The molecule has 0 aliphatic heterocycles. The standard InChI is InChI=1S/C16H23ClO3/c1-3-4-5-9-12-20-15(18)16(2,19)14(17)13-10-7-6-8-11-13/h6-8,10-11,14,19H,3-5,9,12H2,1-2H3/t14-,16+/m1/s1. The van der Waals surface area contributed by atoms with Crippen LogP contribution < -0.4 is 0 Å². The zero-order valence-corrected chi connectivity index (χ0v) is 12.9. The van der Waals surface area contributed by atoms with Gasteiger partial charge in [-0.1, -0.05) is 56.5 Å². The van der Waals surface area contributed by atoms with E-state index in [0.29, 0.717) is 12.2 Å². The van der Waals surface area contributed by atoms with Crippen molar-refractivity contribution in [3.63, 3.8) is 0 Å². The summed E-state index contributed by atoms with van der Waals surface area (Å²) in [6.07, 6.45) is 4.09. The second-order valence-electron chi connectivity index (χ2n) is 5.12. The lowest BCUT2D eigenvalue weighted by atomic mass is 9.96. The van der Waals surface area contributed by atoms with Gasteiger partial charge in [-0.25, -0.2) is 4.79 Å². The zero-order chi connectivity index (χ0) is 15.0. The topological polar surface area (TPSA) is 46.5 Å². The minimum atomic E-state index is -1.73. The van der Waals surface area contributed by atoms with Crippen molar-refractivity contribution in [3.8, 4) is 0 Å². The Morgan fingerprint density at radius 3 is 2.55 bits per heavy atom. The fraction of sp³-hybridized carbons (Fsp3) is 0.562. The van der Waals surface area contributed by atoms with Gasteiger partial charge in [-0.05, 0) is 18.9 Å². The SMILES string of the molecule is CCCCCCOC(=O)[C@@](C)(O)[C@H](Cl)c1ccccc1. The first kappa shape index (κ1) is 17.0. The summed E-state index contributed by atoms with van der Waals surface area (Å²) in [5, 5.41) is 9.47. The molecule has 1 aromatic carbocycles. The molecule has 0 saturated heterocycles. The van der Waals surface area contributed by atoms with Crippen molar-refractivity contribution < 1.29 is 14.6 Å². The number of carbonyl (C=O) groups is 1. The van der Waals surface area contributed by atoms with Crippen LogP contribution in [0.1, 0.15) is 50.5 Å². The van der Waals surface area contributed by atoms with Crippen LogP contribution in [0.2, 0.25) is 0 Å². The predicted molar refractivity (Wildman–Crippen MR) is 80.8 cm³/mol. The van der Waals surface area contributed by atoms with E-state index in [4.69, 9.17) is 16.3 Å². The highest BCUT2D eigenvalue weighted by Gasteiger charge is 2.40. The van der Waals surface area contributed by atoms with Gasteiger partial charge >= 0.3 is 5.97 Å². The van der Waals surface area contributed by atoms with Gasteiger partial charge in [0.25, 0.3) is 0 Å². The van der Waals surface area contributed by atoms with E-state index in [-0.39, 0.29) is 0 Å². The van der Waals surface area contributed by atoms with Gasteiger partial charge in [-0.3, -0.25) is 0 Å². The number of carbonyl (C=O) groups excluding carboxylic acids is 1. The van der Waals surface area contributed by atoms with E-state index in [1.165, 1.54) is 6.92 Å². The number of unbranched alkanes of at least 4 members (excludes halogenated alkanes) is 3. The average Bonchev–Trinajstić information content (AvgIpc) is 2.46. The Hall–Kier alpha value is -1.06. The quantitative estimate of drug-likeness (QED) is 0.450. The second kappa shape index (κ2) is 8.28. The Labute approximate surface area is 125 Å². The smallest absolute Gasteiger partial charge is 0.339 e. The number of aliphatic hydroxyl groups is 1. The molecule has 0 aliphatic rings. The molecule has 0 aliphatic carbocycles. The van der Waals surface area contributed by atoms with Crippen LogP contribution >= 0.6 is 11.6 Å². The molecule has 0 bridgehead atoms. The maximum absolute atomic E-state index is 12.0. The van der Waals surface area contributed by atoms with Crippen LogP contribution in [0.5, 0.6) is 0 Å². The molecular weight excluding hydrogens is 276 g/mol. The largest absolute Gasteiger partial charge is 0.464 e. The summed E-state index contributed by atoms with van der Waals surface area (Å²) >= 11 is 6.20. The van der Waals surface area contributed by atoms with Crippen LogP contribution in [-0.4, -0.2) is 23.3 Å². The lowest BCUT2D eigenvalue weighted by molar-refractivity contribution is -0.164. The monoisotopic (exact) mass is 298 g/mol. The number of esters is 1. The molecule has 0 aromatic heterocycles. The number of benzene rings is 1. The molecule has 3 nitrogen and oxygen atoms in total. The summed E-state index contributed by atoms with van der Waals surface area (Å²) in [4.78, 5) is 12.0. The van der Waals surface area contributed by atoms with E-state index in [9.17, 15) is 9.90 Å². The Kier molecular flexibility index (Phi) is 7.03. The molecule has 4 heteroatoms. The van der Waals surface area contributed by atoms with E-state index in [0.717, 1.165) is 25.7 Å². The predicted octanol–water partition coefficient (Wildman–Crippen LogP) is 3.84. The van der Waals surface area contributed by atoms with E-state index in [1.54, 1.807) is 12.1 Å². The van der Waals surface area contributed by atoms with Crippen molar-refractivity contribution in [2.24, 2.45) is 0 Å². The van der Waals surface area contributed by atoms with Crippen LogP contribution in [-0.2, 0) is 9.53 Å². The van der Waals surface area contributed by atoms with E-state index in [2.05, 4.69) is 6.92 Å². The van der Waals surface area contributed by atoms with Crippen LogP contribution in [0.3, 0.4) is 0 Å². The molecule has 0 spiro atoms. The maximum Gasteiger partial charge on any atom is 0.339 e. The molecule has 0 radical (unpaired) electrons. The molecule has 1 rings (SSSR count). The van der Waals surface area contributed by atoms with Crippen molar-refractivity contribution >= 4 is 17.6 Å². The van der Waals surface area contributed by atoms with Gasteiger partial charge in [0.05, 0.1) is 12.0 Å². The van der Waals surface area contributed by atoms with Crippen molar-refractivity contribution in [3.05, 3.63) is 35.9 Å². The van der Waals surface area contributed by atoms with Crippen molar-refractivity contribution in [2.75, 3.05) is 6.61 Å². The van der Waals surface area contributed by atoms with Crippen LogP contribution in [0, 0.1) is 0 Å². The van der Waals surface area contributed by atoms with Crippen molar-refractivity contribution in [1.82, 2.24) is 0 Å². The number of alkyl halides is 1. The Bertz CT molecular complexity index is 403. The van der Waals surface area contributed by atoms with Crippen LogP contribution in [0.25, 0.3) is 0 Å². The van der Waals surface area contributed by atoms with E-state index >= 15 is 0 Å². The third kappa shape index (κ3) is 4.80. The van der Waals surface area contributed by atoms with Crippen LogP contribution in [0.15, 0.2) is 30.3 Å². The molecule has 2 atom stereocenters. The second-order valence-corrected chi connectivity index (χ2v) is 5.55. The van der Waals surface area contributed by atoms with Gasteiger partial charge in [0.15, 0.2) is 5.60 Å². The van der Waals surface area contributed by atoms with Gasteiger partial charge < -0.3 is 9.84 Å². The third-order valence-corrected chi connectivity index (χ3v) is 3.91. The molecule has 0 amide bonds. The summed E-state index contributed by atoms with van der Waals surface area (Å²) in [5.41, 5.74) is -1.03. The normalized spacial score (nSPS) is 15.4. The Morgan fingerprint density at radius 2 is 1.95 bits per heavy atom. The summed E-state index contributed by atoms with van der Waals surface area (Å²) in [6, 6.07) is 9.04. The fourth-order valence-corrected chi connectivity index (χ4v) is 2.12. The summed E-state index contributed by atoms with van der Waals surface area (Å²) in [5.74, 6) is -0.669. The molecular formula is C16H23ClO3. The number of hydrogen-bond acceptors (Lipinski definition) is 3. The molecule has 0 saturated carbocycles. The highest BCUT2D eigenvalue weighted by molar-refractivity contribution is 6.23. The van der Waals surface area contributed by atoms with Crippen LogP contribution in [0.4, 0.5) is 0 Å². The molecule has 0 unspecified atom stereocenters. The lowest BCUT2D eigenvalue weighted by Crippen LogP contribution is -2.41. The Morgan fingerprint density at radius 1 is 1.30 bits per heavy atom. The first-order valence-corrected chi connectivity index (χ1v) is 7.52. The number of halogens is 1. The van der Waals surface area contributed by atoms with Crippen molar-refractivity contribution in [1.29, 1.82) is 0 Å². The molecule has 1 N–H and O–H groups in total. The van der Waals surface area contributed by atoms with Crippen molar-refractivity contribution in [2.45, 2.75) is 50.5 Å². The minimum absolute atomic E-state index is 0.327. The third-order valence-electron chi connectivity index (χ3n) is 3.23. The molecule has 0 heterocycles. The fourth-order valence-electron chi connectivity index (χ4n) is 1.89. The zero-order valence-electron chi connectivity index (χ0n) is 12.1. The lowest BCUT2D eigenvalue weighted by Gasteiger charge is -2.26. The molecule has 112 valence electrons. The first-order chi connectivity index (χ1) is 9.50. The maximum atomic E-state index is 12.0. The highest BCUT2D eigenvalue weighted by atomic mass is 35.5. The van der Waals surface area contributed by atoms with E-state index in [1.807, 2.05) is 18.2 Å². The van der Waals surface area contributed by atoms with Gasteiger partial charge in [-0.2, -0.15) is 0 Å². The number of rotatable bonds is 8. The highest BCUT2D eigenvalue weighted by Crippen LogP contribution is 2.33. The summed E-state index contributed by atoms with van der Waals surface area (Å²) in [7, 11) is 0. The Balaban J connectivity index is 2.52. The van der Waals surface area contributed by atoms with Gasteiger partial charge in [-0.15, -0.1) is 11.6 Å². The van der Waals surface area contributed by atoms with Gasteiger partial charge in [0.2, 0.25) is 0 Å². The van der Waals surface area contributed by atoms with Gasteiger partial charge in [0.1, 0.15) is 0 Å². The first-order valence-electron chi connectivity index (χ1n) is 7.08. The van der Waals surface area contributed by atoms with Gasteiger partial charge in [0, 0.05) is 0 Å². The molecule has 20 heavy (non-hydrogen) atoms. The summed E-state index contributed by atoms with van der Waals surface area (Å²) in [6.45, 7) is 3.84. The minimum Gasteiger partial charge on any atom is -0.464 e.